The zero-order valence-electron chi connectivity index (χ0n) is 17.9. The van der Waals surface area contributed by atoms with Crippen molar-refractivity contribution in [3.05, 3.63) is 84.6 Å². The van der Waals surface area contributed by atoms with Crippen molar-refractivity contribution in [2.45, 2.75) is 6.42 Å². The van der Waals surface area contributed by atoms with Crippen LogP contribution in [0.4, 0.5) is 11.4 Å². The van der Waals surface area contributed by atoms with Gasteiger partial charge in [0.05, 0.1) is 18.7 Å². The van der Waals surface area contributed by atoms with Gasteiger partial charge >= 0.3 is 0 Å². The van der Waals surface area contributed by atoms with E-state index in [0.29, 0.717) is 30.3 Å². The molecule has 1 aliphatic rings. The maximum absolute atomic E-state index is 12.6. The zero-order chi connectivity index (χ0) is 22.6. The minimum Gasteiger partial charge on any atom is -0.492 e. The molecule has 2 heterocycles. The summed E-state index contributed by atoms with van der Waals surface area (Å²) < 4.78 is 11.4. The lowest BCUT2D eigenvalue weighted by Crippen LogP contribution is -2.41. The average molecular weight is 441 g/mol. The Balaban J connectivity index is 1.24. The Labute approximate surface area is 190 Å². The van der Waals surface area contributed by atoms with E-state index in [1.807, 2.05) is 60.8 Å². The Morgan fingerprint density at radius 1 is 1.06 bits per heavy atom. The van der Waals surface area contributed by atoms with Crippen LogP contribution in [-0.4, -0.2) is 36.6 Å². The van der Waals surface area contributed by atoms with E-state index >= 15 is 0 Å². The van der Waals surface area contributed by atoms with Gasteiger partial charge < -0.3 is 24.7 Å². The Morgan fingerprint density at radius 3 is 2.76 bits per heavy atom. The maximum atomic E-state index is 12.6. The molecule has 0 spiro atoms. The molecule has 0 saturated heterocycles. The van der Waals surface area contributed by atoms with Gasteiger partial charge in [-0.1, -0.05) is 36.4 Å². The van der Waals surface area contributed by atoms with E-state index in [0.717, 1.165) is 22.2 Å². The van der Waals surface area contributed by atoms with E-state index in [4.69, 9.17) is 9.47 Å². The van der Waals surface area contributed by atoms with E-state index in [2.05, 4.69) is 10.3 Å². The molecule has 1 aliphatic heterocycles. The highest BCUT2D eigenvalue weighted by molar-refractivity contribution is 5.99. The first kappa shape index (κ1) is 20.6. The number of aromatic nitrogens is 1. The summed E-state index contributed by atoms with van der Waals surface area (Å²) in [6.07, 6.45) is 2.12. The molecular weight excluding hydrogens is 418 g/mol. The second-order valence-corrected chi connectivity index (χ2v) is 7.76. The fourth-order valence-electron chi connectivity index (χ4n) is 3.95. The predicted octanol–water partition coefficient (Wildman–Crippen LogP) is 4.15. The van der Waals surface area contributed by atoms with Crippen molar-refractivity contribution >= 4 is 34.1 Å². The SMILES string of the molecule is O=C(Cc1c[nH]c2ccccc12)Nc1ccc2c(c1)OCC(=O)N2CCOc1ccccc1. The van der Waals surface area contributed by atoms with E-state index < -0.39 is 0 Å². The first-order valence-electron chi connectivity index (χ1n) is 10.8. The van der Waals surface area contributed by atoms with Crippen molar-refractivity contribution in [2.75, 3.05) is 30.0 Å². The van der Waals surface area contributed by atoms with Crippen molar-refractivity contribution in [3.63, 3.8) is 0 Å². The van der Waals surface area contributed by atoms with E-state index in [-0.39, 0.29) is 24.8 Å². The van der Waals surface area contributed by atoms with Crippen molar-refractivity contribution in [3.8, 4) is 11.5 Å². The van der Waals surface area contributed by atoms with Crippen molar-refractivity contribution < 1.29 is 19.1 Å². The minimum absolute atomic E-state index is 0.0505. The van der Waals surface area contributed by atoms with Crippen molar-refractivity contribution in [2.24, 2.45) is 0 Å². The van der Waals surface area contributed by atoms with E-state index in [9.17, 15) is 9.59 Å². The molecule has 1 aromatic heterocycles. The van der Waals surface area contributed by atoms with Crippen LogP contribution in [0.25, 0.3) is 10.9 Å². The highest BCUT2D eigenvalue weighted by Gasteiger charge is 2.26. The number of para-hydroxylation sites is 2. The lowest BCUT2D eigenvalue weighted by atomic mass is 10.1. The highest BCUT2D eigenvalue weighted by atomic mass is 16.5. The van der Waals surface area contributed by atoms with Gasteiger partial charge in [0.2, 0.25) is 5.91 Å². The molecule has 0 radical (unpaired) electrons. The molecular formula is C26H23N3O4. The third kappa shape index (κ3) is 4.52. The molecule has 0 aliphatic carbocycles. The van der Waals surface area contributed by atoms with Crippen LogP contribution < -0.4 is 19.7 Å². The second kappa shape index (κ2) is 9.08. The molecule has 0 atom stereocenters. The molecule has 7 heteroatoms. The van der Waals surface area contributed by atoms with E-state index in [1.54, 1.807) is 23.1 Å². The molecule has 166 valence electrons. The van der Waals surface area contributed by atoms with Gasteiger partial charge in [-0.3, -0.25) is 9.59 Å². The standard InChI is InChI=1S/C26H23N3O4/c30-25(14-18-16-27-22-9-5-4-8-21(18)22)28-19-10-11-23-24(15-19)33-17-26(31)29(23)12-13-32-20-6-2-1-3-7-20/h1-11,15-16,27H,12-14,17H2,(H,28,30). The lowest BCUT2D eigenvalue weighted by Gasteiger charge is -2.29. The number of nitrogens with one attached hydrogen (secondary N) is 2. The van der Waals surface area contributed by atoms with Crippen LogP contribution in [0.5, 0.6) is 11.5 Å². The summed E-state index contributed by atoms with van der Waals surface area (Å²) in [5.74, 6) is 1.06. The average Bonchev–Trinajstić information content (AvgIpc) is 3.24. The van der Waals surface area contributed by atoms with Gasteiger partial charge in [0.1, 0.15) is 18.1 Å². The van der Waals surface area contributed by atoms with Crippen molar-refractivity contribution in [1.82, 2.24) is 4.98 Å². The van der Waals surface area contributed by atoms with E-state index in [1.165, 1.54) is 0 Å². The number of hydrogen-bond donors (Lipinski definition) is 2. The number of nitrogens with zero attached hydrogens (tertiary/aromatic N) is 1. The van der Waals surface area contributed by atoms with Gasteiger partial charge in [0, 0.05) is 28.9 Å². The van der Waals surface area contributed by atoms with Crippen LogP contribution in [0.1, 0.15) is 5.56 Å². The summed E-state index contributed by atoms with van der Waals surface area (Å²) in [5.41, 5.74) is 3.22. The Morgan fingerprint density at radius 2 is 1.88 bits per heavy atom. The van der Waals surface area contributed by atoms with Crippen molar-refractivity contribution in [1.29, 1.82) is 0 Å². The third-order valence-corrected chi connectivity index (χ3v) is 5.54. The number of benzene rings is 3. The molecule has 0 saturated carbocycles. The third-order valence-electron chi connectivity index (χ3n) is 5.54. The Kier molecular flexibility index (Phi) is 5.68. The first-order valence-corrected chi connectivity index (χ1v) is 10.8. The summed E-state index contributed by atoms with van der Waals surface area (Å²) in [5, 5.41) is 3.96. The molecule has 2 amide bonds. The molecule has 4 aromatic rings. The minimum atomic E-state index is -0.129. The fraction of sp³-hybridized carbons (Fsp3) is 0.154. The number of hydrogen-bond acceptors (Lipinski definition) is 4. The summed E-state index contributed by atoms with van der Waals surface area (Å²) in [7, 11) is 0. The monoisotopic (exact) mass is 441 g/mol. The number of ether oxygens (including phenoxy) is 2. The summed E-state index contributed by atoms with van der Waals surface area (Å²) >= 11 is 0. The number of carbonyl (C=O) groups is 2. The summed E-state index contributed by atoms with van der Waals surface area (Å²) in [6.45, 7) is 0.708. The summed E-state index contributed by atoms with van der Waals surface area (Å²) in [6, 6.07) is 22.7. The summed E-state index contributed by atoms with van der Waals surface area (Å²) in [4.78, 5) is 29.9. The van der Waals surface area contributed by atoms with Gasteiger partial charge in [0.15, 0.2) is 6.61 Å². The van der Waals surface area contributed by atoms with Crippen LogP contribution in [0.2, 0.25) is 0 Å². The number of rotatable bonds is 7. The molecule has 3 aromatic carbocycles. The van der Waals surface area contributed by atoms with Gasteiger partial charge in [-0.05, 0) is 35.9 Å². The molecule has 7 nitrogen and oxygen atoms in total. The lowest BCUT2D eigenvalue weighted by molar-refractivity contribution is -0.121. The maximum Gasteiger partial charge on any atom is 0.265 e. The van der Waals surface area contributed by atoms with Crippen LogP contribution >= 0.6 is 0 Å². The topological polar surface area (TPSA) is 83.7 Å². The van der Waals surface area contributed by atoms with Gasteiger partial charge in [-0.2, -0.15) is 0 Å². The highest BCUT2D eigenvalue weighted by Crippen LogP contribution is 2.34. The van der Waals surface area contributed by atoms with Crippen LogP contribution in [-0.2, 0) is 16.0 Å². The quantitative estimate of drug-likeness (QED) is 0.451. The Hall–Kier alpha value is -4.26. The Bertz CT molecular complexity index is 1300. The van der Waals surface area contributed by atoms with Gasteiger partial charge in [0.25, 0.3) is 5.91 Å². The second-order valence-electron chi connectivity index (χ2n) is 7.76. The number of amides is 2. The van der Waals surface area contributed by atoms with Crippen LogP contribution in [0.15, 0.2) is 79.0 Å². The van der Waals surface area contributed by atoms with Crippen LogP contribution in [0.3, 0.4) is 0 Å². The molecule has 5 rings (SSSR count). The zero-order valence-corrected chi connectivity index (χ0v) is 17.9. The molecule has 2 N–H and O–H groups in total. The molecule has 0 fully saturated rings. The largest absolute Gasteiger partial charge is 0.492 e. The number of anilines is 2. The van der Waals surface area contributed by atoms with Gasteiger partial charge in [-0.15, -0.1) is 0 Å². The number of fused-ring (bicyclic) bond motifs is 2. The smallest absolute Gasteiger partial charge is 0.265 e. The van der Waals surface area contributed by atoms with Crippen LogP contribution in [0, 0.1) is 0 Å². The predicted molar refractivity (Wildman–Crippen MR) is 127 cm³/mol. The number of H-pyrrole nitrogens is 1. The number of aromatic amines is 1. The fourth-order valence-corrected chi connectivity index (χ4v) is 3.95. The first-order chi connectivity index (χ1) is 16.2. The normalized spacial score (nSPS) is 12.8. The van der Waals surface area contributed by atoms with Gasteiger partial charge in [-0.25, -0.2) is 0 Å². The molecule has 0 bridgehead atoms. The molecule has 0 unspecified atom stereocenters. The number of carbonyl (C=O) groups excluding carboxylic acids is 2. The molecule has 33 heavy (non-hydrogen) atoms.